The number of amides is 1. The van der Waals surface area contributed by atoms with E-state index in [1.54, 1.807) is 6.33 Å². The number of carbonyl (C=O) groups excluding carboxylic acids is 1. The number of rotatable bonds is 7. The number of fused-ring (bicyclic) bond motifs is 1. The molecular weight excluding hydrogens is 478 g/mol. The third kappa shape index (κ3) is 4.57. The van der Waals surface area contributed by atoms with Crippen LogP contribution in [0.5, 0.6) is 0 Å². The van der Waals surface area contributed by atoms with Crippen molar-refractivity contribution in [1.82, 2.24) is 34.4 Å². The normalized spacial score (nSPS) is 30.6. The predicted octanol–water partition coefficient (Wildman–Crippen LogP) is 2.47. The molecule has 1 aromatic carbocycles. The van der Waals surface area contributed by atoms with Crippen molar-refractivity contribution >= 4 is 5.91 Å². The minimum atomic E-state index is -0.614. The molecule has 9 nitrogen and oxygen atoms in total. The van der Waals surface area contributed by atoms with E-state index in [0.717, 1.165) is 44.6 Å². The molecule has 3 heterocycles. The number of hydrogen-bond acceptors (Lipinski definition) is 7. The highest BCUT2D eigenvalue weighted by Gasteiger charge is 2.55. The minimum Gasteiger partial charge on any atom is -0.365 e. The number of aliphatic hydroxyl groups excluding tert-OH is 1. The lowest BCUT2D eigenvalue weighted by atomic mass is 9.68. The molecule has 2 saturated carbocycles. The first kappa shape index (κ1) is 25.9. The fourth-order valence-electron chi connectivity index (χ4n) is 7.42. The zero-order chi connectivity index (χ0) is 26.3. The molecule has 0 bridgehead atoms. The summed E-state index contributed by atoms with van der Waals surface area (Å²) in [6.45, 7) is 4.27. The monoisotopic (exact) mass is 521 g/mol. The van der Waals surface area contributed by atoms with E-state index < -0.39 is 6.35 Å². The van der Waals surface area contributed by atoms with Crippen molar-refractivity contribution in [3.05, 3.63) is 48.0 Å². The first-order valence-corrected chi connectivity index (χ1v) is 14.5. The zero-order valence-corrected chi connectivity index (χ0v) is 23.0. The largest absolute Gasteiger partial charge is 0.365 e. The summed E-state index contributed by atoms with van der Waals surface area (Å²) in [6, 6.07) is 10.9. The Kier molecular flexibility index (Phi) is 7.05. The van der Waals surface area contributed by atoms with E-state index in [-0.39, 0.29) is 17.0 Å². The summed E-state index contributed by atoms with van der Waals surface area (Å²) < 4.78 is 1.88. The fraction of sp³-hybridized carbons (Fsp3) is 0.690. The van der Waals surface area contributed by atoms with Crippen LogP contribution in [0.15, 0.2) is 36.7 Å². The third-order valence-corrected chi connectivity index (χ3v) is 10.1. The molecule has 6 rings (SSSR count). The zero-order valence-electron chi connectivity index (χ0n) is 23.0. The molecule has 1 N–H and O–H groups in total. The van der Waals surface area contributed by atoms with Crippen LogP contribution in [0.2, 0.25) is 0 Å². The van der Waals surface area contributed by atoms with E-state index in [2.05, 4.69) is 69.2 Å². The molecule has 2 aromatic rings. The number of nitrogens with zero attached hydrogens (tertiary/aromatic N) is 7. The van der Waals surface area contributed by atoms with Gasteiger partial charge in [0, 0.05) is 43.7 Å². The second-order valence-corrected chi connectivity index (χ2v) is 12.2. The summed E-state index contributed by atoms with van der Waals surface area (Å²) in [6.07, 6.45) is 9.45. The molecule has 1 saturated heterocycles. The molecule has 1 atom stereocenters. The molecule has 206 valence electrons. The van der Waals surface area contributed by atoms with Crippen molar-refractivity contribution in [1.29, 1.82) is 0 Å². The smallest absolute Gasteiger partial charge is 0.224 e. The van der Waals surface area contributed by atoms with E-state index in [0.29, 0.717) is 38.5 Å². The fourth-order valence-corrected chi connectivity index (χ4v) is 7.42. The average molecular weight is 522 g/mol. The van der Waals surface area contributed by atoms with E-state index in [1.165, 1.54) is 24.8 Å². The minimum absolute atomic E-state index is 0.0256. The van der Waals surface area contributed by atoms with Crippen LogP contribution in [0, 0.1) is 5.92 Å². The van der Waals surface area contributed by atoms with Crippen LogP contribution >= 0.6 is 0 Å². The van der Waals surface area contributed by atoms with Gasteiger partial charge in [0.2, 0.25) is 5.91 Å². The maximum absolute atomic E-state index is 13.1. The second-order valence-electron chi connectivity index (χ2n) is 12.2. The first-order valence-electron chi connectivity index (χ1n) is 14.5. The van der Waals surface area contributed by atoms with E-state index in [1.807, 2.05) is 9.58 Å². The van der Waals surface area contributed by atoms with Gasteiger partial charge < -0.3 is 10.0 Å². The Bertz CT molecular complexity index is 1110. The van der Waals surface area contributed by atoms with Gasteiger partial charge in [0.15, 0.2) is 6.35 Å². The van der Waals surface area contributed by atoms with E-state index >= 15 is 0 Å². The van der Waals surface area contributed by atoms with Crippen molar-refractivity contribution in [3.63, 3.8) is 0 Å². The van der Waals surface area contributed by atoms with Crippen LogP contribution < -0.4 is 0 Å². The van der Waals surface area contributed by atoms with Crippen LogP contribution in [0.25, 0.3) is 0 Å². The van der Waals surface area contributed by atoms with Crippen molar-refractivity contribution in [3.8, 4) is 0 Å². The lowest BCUT2D eigenvalue weighted by Crippen LogP contribution is -2.57. The van der Waals surface area contributed by atoms with Gasteiger partial charge in [-0.3, -0.25) is 19.5 Å². The molecule has 1 spiro atoms. The van der Waals surface area contributed by atoms with Crippen LogP contribution in [0.3, 0.4) is 0 Å². The molecule has 3 fully saturated rings. The van der Waals surface area contributed by atoms with Crippen molar-refractivity contribution in [2.75, 3.05) is 40.3 Å². The van der Waals surface area contributed by atoms with Gasteiger partial charge in [-0.05, 0) is 64.1 Å². The Balaban J connectivity index is 1.15. The topological polar surface area (TPSA) is 81.0 Å². The number of benzene rings is 1. The van der Waals surface area contributed by atoms with Crippen molar-refractivity contribution < 1.29 is 9.90 Å². The average Bonchev–Trinajstić information content (AvgIpc) is 3.48. The highest BCUT2D eigenvalue weighted by molar-refractivity contribution is 5.76. The van der Waals surface area contributed by atoms with Crippen LogP contribution in [-0.4, -0.2) is 97.5 Å². The van der Waals surface area contributed by atoms with Gasteiger partial charge >= 0.3 is 0 Å². The number of aromatic nitrogens is 3. The summed E-state index contributed by atoms with van der Waals surface area (Å²) >= 11 is 0. The molecule has 1 amide bonds. The molecule has 1 aromatic heterocycles. The summed E-state index contributed by atoms with van der Waals surface area (Å²) in [5, 5.41) is 15.8. The third-order valence-electron chi connectivity index (χ3n) is 10.1. The Morgan fingerprint density at radius 2 is 1.87 bits per heavy atom. The SMILES string of the molecule is CN(C)[C@]1(c2ccccc2)CC[C@]2(CC1)CN(CCC(=O)N1CCn3ncnc3C1)C(O)N2CC1CCC1. The van der Waals surface area contributed by atoms with E-state index in [9.17, 15) is 9.90 Å². The quantitative estimate of drug-likeness (QED) is 0.600. The van der Waals surface area contributed by atoms with E-state index in [4.69, 9.17) is 0 Å². The summed E-state index contributed by atoms with van der Waals surface area (Å²) in [5.74, 6) is 1.67. The van der Waals surface area contributed by atoms with Gasteiger partial charge in [-0.2, -0.15) is 5.10 Å². The summed E-state index contributed by atoms with van der Waals surface area (Å²) in [5.41, 5.74) is 1.38. The maximum Gasteiger partial charge on any atom is 0.224 e. The lowest BCUT2D eigenvalue weighted by Gasteiger charge is -2.52. The Morgan fingerprint density at radius 3 is 2.55 bits per heavy atom. The number of carbonyl (C=O) groups is 1. The first-order chi connectivity index (χ1) is 18.4. The molecule has 1 unspecified atom stereocenters. The molecular formula is C29H43N7O2. The molecule has 4 aliphatic rings. The highest BCUT2D eigenvalue weighted by Crippen LogP contribution is 2.50. The number of aliphatic hydroxyl groups is 1. The van der Waals surface area contributed by atoms with Gasteiger partial charge in [-0.15, -0.1) is 0 Å². The van der Waals surface area contributed by atoms with Crippen molar-refractivity contribution in [2.45, 2.75) is 81.9 Å². The van der Waals surface area contributed by atoms with Gasteiger partial charge in [-0.25, -0.2) is 9.67 Å². The molecule has 2 aliphatic carbocycles. The molecule has 38 heavy (non-hydrogen) atoms. The second kappa shape index (κ2) is 10.3. The van der Waals surface area contributed by atoms with Crippen LogP contribution in [-0.2, 0) is 23.4 Å². The summed E-state index contributed by atoms with van der Waals surface area (Å²) in [4.78, 5) is 26.3. The van der Waals surface area contributed by atoms with Gasteiger partial charge in [0.05, 0.1) is 13.1 Å². The predicted molar refractivity (Wildman–Crippen MR) is 145 cm³/mol. The Labute approximate surface area is 226 Å². The Hall–Kier alpha value is -2.33. The van der Waals surface area contributed by atoms with Gasteiger partial charge in [-0.1, -0.05) is 36.8 Å². The molecule has 2 aliphatic heterocycles. The highest BCUT2D eigenvalue weighted by atomic mass is 16.3. The standard InChI is InChI=1S/C29H43N7O2/c1-32(2)29(24-9-4-3-5-10-24)14-12-28(13-15-29)21-34(27(38)35(28)19-23-7-6-8-23)16-11-26(37)33-17-18-36-25(20-33)30-22-31-36/h3-5,9-10,22-23,27,38H,6-8,11-21H2,1-2H3/t27?,28-,29+. The Morgan fingerprint density at radius 1 is 1.11 bits per heavy atom. The lowest BCUT2D eigenvalue weighted by molar-refractivity contribution is -0.134. The van der Waals surface area contributed by atoms with Crippen molar-refractivity contribution in [2.24, 2.45) is 5.92 Å². The number of hydrogen-bond donors (Lipinski definition) is 1. The molecule has 9 heteroatoms. The molecule has 0 radical (unpaired) electrons. The van der Waals surface area contributed by atoms with Crippen LogP contribution in [0.1, 0.15) is 62.8 Å². The van der Waals surface area contributed by atoms with Gasteiger partial charge in [0.1, 0.15) is 12.2 Å². The summed E-state index contributed by atoms with van der Waals surface area (Å²) in [7, 11) is 4.42. The maximum atomic E-state index is 13.1. The van der Waals surface area contributed by atoms with Crippen LogP contribution in [0.4, 0.5) is 0 Å². The van der Waals surface area contributed by atoms with Gasteiger partial charge in [0.25, 0.3) is 0 Å².